The van der Waals surface area contributed by atoms with Crippen molar-refractivity contribution in [3.05, 3.63) is 47.5 Å². The van der Waals surface area contributed by atoms with Crippen molar-refractivity contribution in [2.45, 2.75) is 13.8 Å². The van der Waals surface area contributed by atoms with Gasteiger partial charge >= 0.3 is 0 Å². The van der Waals surface area contributed by atoms with Crippen molar-refractivity contribution in [3.8, 4) is 45.6 Å². The third kappa shape index (κ3) is 4.57. The Morgan fingerprint density at radius 3 is 1.52 bits per heavy atom. The van der Waals surface area contributed by atoms with Crippen molar-refractivity contribution in [2.24, 2.45) is 0 Å². The first-order valence-corrected chi connectivity index (χ1v) is 10.3. The highest BCUT2D eigenvalue weighted by molar-refractivity contribution is 6.14. The summed E-state index contributed by atoms with van der Waals surface area (Å²) in [6.07, 6.45) is 0. The van der Waals surface area contributed by atoms with E-state index in [0.717, 1.165) is 0 Å². The summed E-state index contributed by atoms with van der Waals surface area (Å²) in [4.78, 5) is 26.2. The molecule has 2 amide bonds. The van der Waals surface area contributed by atoms with E-state index in [2.05, 4.69) is 10.6 Å². The molecule has 9 heteroatoms. The van der Waals surface area contributed by atoms with Gasteiger partial charge in [0.1, 0.15) is 11.5 Å². The summed E-state index contributed by atoms with van der Waals surface area (Å²) in [5, 5.41) is 25.4. The zero-order valence-corrected chi connectivity index (χ0v) is 18.8. The second-order valence-electron chi connectivity index (χ2n) is 7.00. The van der Waals surface area contributed by atoms with Crippen LogP contribution in [0.25, 0.3) is 22.6 Å². The number of methoxy groups -OCH3 is 2. The molecule has 1 heterocycles. The van der Waals surface area contributed by atoms with Crippen LogP contribution in [0.2, 0.25) is 0 Å². The Bertz CT molecular complexity index is 1090. The predicted octanol–water partition coefficient (Wildman–Crippen LogP) is 3.54. The fourth-order valence-electron chi connectivity index (χ4n) is 3.41. The zero-order valence-electron chi connectivity index (χ0n) is 18.8. The minimum absolute atomic E-state index is 0.0394. The fraction of sp³-hybridized carbons (Fsp3) is 0.250. The highest BCUT2D eigenvalue weighted by Crippen LogP contribution is 2.41. The number of carbonyl (C=O) groups is 2. The molecule has 0 aliphatic heterocycles. The van der Waals surface area contributed by atoms with Gasteiger partial charge in [0.25, 0.3) is 11.8 Å². The molecular weight excluding hydrogens is 428 g/mol. The lowest BCUT2D eigenvalue weighted by Gasteiger charge is -2.09. The summed E-state index contributed by atoms with van der Waals surface area (Å²) in [5.41, 5.74) is 0.928. The average Bonchev–Trinajstić information content (AvgIpc) is 3.21. The van der Waals surface area contributed by atoms with E-state index in [9.17, 15) is 19.8 Å². The number of nitrogens with one attached hydrogen (secondary N) is 2. The number of amides is 2. The van der Waals surface area contributed by atoms with Crippen LogP contribution in [0.1, 0.15) is 34.6 Å². The van der Waals surface area contributed by atoms with Crippen molar-refractivity contribution >= 4 is 11.8 Å². The van der Waals surface area contributed by atoms with E-state index in [4.69, 9.17) is 13.9 Å². The van der Waals surface area contributed by atoms with Crippen LogP contribution >= 0.6 is 0 Å². The topological polar surface area (TPSA) is 130 Å². The molecule has 3 rings (SSSR count). The summed E-state index contributed by atoms with van der Waals surface area (Å²) in [5.74, 6) is -0.552. The van der Waals surface area contributed by atoms with Crippen molar-refractivity contribution in [2.75, 3.05) is 27.3 Å². The third-order valence-electron chi connectivity index (χ3n) is 4.92. The summed E-state index contributed by atoms with van der Waals surface area (Å²) in [6, 6.07) is 8.96. The van der Waals surface area contributed by atoms with Gasteiger partial charge in [-0.1, -0.05) is 0 Å². The average molecular weight is 454 g/mol. The minimum atomic E-state index is -0.499. The minimum Gasteiger partial charge on any atom is -0.504 e. The second-order valence-corrected chi connectivity index (χ2v) is 7.00. The molecule has 0 radical (unpaired) electrons. The van der Waals surface area contributed by atoms with E-state index in [1.807, 2.05) is 0 Å². The van der Waals surface area contributed by atoms with Crippen LogP contribution in [0.5, 0.6) is 23.0 Å². The van der Waals surface area contributed by atoms with Gasteiger partial charge in [-0.25, -0.2) is 0 Å². The number of phenols is 2. The van der Waals surface area contributed by atoms with E-state index < -0.39 is 11.8 Å². The highest BCUT2D eigenvalue weighted by atomic mass is 16.5. The number of carbonyl (C=O) groups excluding carboxylic acids is 2. The van der Waals surface area contributed by atoms with Gasteiger partial charge < -0.3 is 34.7 Å². The second kappa shape index (κ2) is 9.99. The first kappa shape index (κ1) is 23.5. The van der Waals surface area contributed by atoms with Gasteiger partial charge in [-0.2, -0.15) is 0 Å². The molecule has 0 fully saturated rings. The van der Waals surface area contributed by atoms with Gasteiger partial charge in [-0.3, -0.25) is 9.59 Å². The number of aromatic hydroxyl groups is 2. The molecule has 1 aromatic heterocycles. The van der Waals surface area contributed by atoms with Crippen LogP contribution in [-0.4, -0.2) is 49.3 Å². The molecule has 0 atom stereocenters. The van der Waals surface area contributed by atoms with Crippen molar-refractivity contribution in [1.82, 2.24) is 10.6 Å². The van der Waals surface area contributed by atoms with Crippen molar-refractivity contribution < 1.29 is 33.7 Å². The van der Waals surface area contributed by atoms with Crippen LogP contribution in [0.4, 0.5) is 0 Å². The predicted molar refractivity (Wildman–Crippen MR) is 122 cm³/mol. The van der Waals surface area contributed by atoms with Gasteiger partial charge in [-0.05, 0) is 50.2 Å². The molecule has 9 nitrogen and oxygen atoms in total. The highest BCUT2D eigenvalue weighted by Gasteiger charge is 2.32. The lowest BCUT2D eigenvalue weighted by atomic mass is 9.99. The number of rotatable bonds is 8. The van der Waals surface area contributed by atoms with Gasteiger partial charge in [0, 0.05) is 24.2 Å². The number of hydrogen-bond acceptors (Lipinski definition) is 7. The van der Waals surface area contributed by atoms with E-state index in [1.165, 1.54) is 38.5 Å². The number of benzene rings is 2. The Labute approximate surface area is 190 Å². The first-order valence-electron chi connectivity index (χ1n) is 10.3. The molecule has 174 valence electrons. The van der Waals surface area contributed by atoms with E-state index >= 15 is 0 Å². The Morgan fingerprint density at radius 1 is 0.788 bits per heavy atom. The van der Waals surface area contributed by atoms with E-state index in [-0.39, 0.29) is 45.6 Å². The Morgan fingerprint density at radius 2 is 1.18 bits per heavy atom. The van der Waals surface area contributed by atoms with Crippen molar-refractivity contribution in [3.63, 3.8) is 0 Å². The van der Waals surface area contributed by atoms with Crippen molar-refractivity contribution in [1.29, 1.82) is 0 Å². The molecule has 2 aromatic carbocycles. The van der Waals surface area contributed by atoms with Gasteiger partial charge in [0.05, 0.1) is 25.3 Å². The normalized spacial score (nSPS) is 10.5. The largest absolute Gasteiger partial charge is 0.504 e. The van der Waals surface area contributed by atoms with Crippen LogP contribution < -0.4 is 20.1 Å². The smallest absolute Gasteiger partial charge is 0.256 e. The lowest BCUT2D eigenvalue weighted by Crippen LogP contribution is -2.29. The van der Waals surface area contributed by atoms with Gasteiger partial charge in [0.15, 0.2) is 23.0 Å². The maximum absolute atomic E-state index is 13.1. The molecule has 0 spiro atoms. The maximum Gasteiger partial charge on any atom is 0.256 e. The molecule has 0 aliphatic carbocycles. The summed E-state index contributed by atoms with van der Waals surface area (Å²) in [6.45, 7) is 4.19. The number of furan rings is 1. The number of ether oxygens (including phenoxy) is 2. The zero-order chi connectivity index (χ0) is 24.1. The quantitative estimate of drug-likeness (QED) is 0.409. The summed E-state index contributed by atoms with van der Waals surface area (Å²) < 4.78 is 16.5. The molecule has 0 saturated carbocycles. The molecule has 0 unspecified atom stereocenters. The molecule has 4 N–H and O–H groups in total. The maximum atomic E-state index is 13.1. The Balaban J connectivity index is 2.36. The van der Waals surface area contributed by atoms with Gasteiger partial charge in [-0.15, -0.1) is 0 Å². The van der Waals surface area contributed by atoms with Crippen LogP contribution in [-0.2, 0) is 0 Å². The Kier molecular flexibility index (Phi) is 7.12. The van der Waals surface area contributed by atoms with Crippen LogP contribution in [0.3, 0.4) is 0 Å². The van der Waals surface area contributed by atoms with Crippen LogP contribution in [0.15, 0.2) is 40.8 Å². The fourth-order valence-corrected chi connectivity index (χ4v) is 3.41. The summed E-state index contributed by atoms with van der Waals surface area (Å²) in [7, 11) is 2.81. The molecule has 0 saturated heterocycles. The molecule has 3 aromatic rings. The molecular formula is C24H26N2O7. The van der Waals surface area contributed by atoms with E-state index in [0.29, 0.717) is 24.2 Å². The number of phenolic OH excluding ortho intramolecular Hbond substituents is 2. The van der Waals surface area contributed by atoms with Crippen LogP contribution in [0, 0.1) is 0 Å². The third-order valence-corrected chi connectivity index (χ3v) is 4.92. The first-order chi connectivity index (χ1) is 15.9. The standard InChI is InChI=1S/C24H26N2O7/c1-5-25-23(29)19-20(24(30)26-6-2)22(14-8-10-16(28)18(12-14)32-4)33-21(19)13-7-9-15(27)17(11-13)31-3/h7-12,27-28H,5-6H2,1-4H3,(H,25,29)(H,26,30). The lowest BCUT2D eigenvalue weighted by molar-refractivity contribution is 0.0923. The number of hydrogen-bond donors (Lipinski definition) is 4. The summed E-state index contributed by atoms with van der Waals surface area (Å²) >= 11 is 0. The van der Waals surface area contributed by atoms with Gasteiger partial charge in [0.2, 0.25) is 0 Å². The SMILES string of the molecule is CCNC(=O)c1c(-c2ccc(O)c(OC)c2)oc(-c2ccc(O)c(OC)c2)c1C(=O)NCC. The molecule has 0 aliphatic rings. The Hall–Kier alpha value is -4.14. The monoisotopic (exact) mass is 454 g/mol. The molecule has 33 heavy (non-hydrogen) atoms. The molecule has 0 bridgehead atoms. The van der Waals surface area contributed by atoms with E-state index in [1.54, 1.807) is 26.0 Å².